The SMILES string of the molecule is COc1cccc(COC2CC(N)C2(C)C)c1. The first-order chi connectivity index (χ1) is 8.04. The van der Waals surface area contributed by atoms with Crippen LogP contribution in [0.1, 0.15) is 25.8 Å². The molecule has 1 aromatic rings. The zero-order chi connectivity index (χ0) is 12.5. The van der Waals surface area contributed by atoms with Crippen LogP contribution in [0.3, 0.4) is 0 Å². The molecule has 2 unspecified atom stereocenters. The minimum Gasteiger partial charge on any atom is -0.497 e. The third-order valence-corrected chi connectivity index (χ3v) is 3.84. The molecule has 2 N–H and O–H groups in total. The van der Waals surface area contributed by atoms with E-state index in [1.807, 2.05) is 24.3 Å². The molecular formula is C14H21NO2. The van der Waals surface area contributed by atoms with E-state index in [2.05, 4.69) is 13.8 Å². The van der Waals surface area contributed by atoms with E-state index in [9.17, 15) is 0 Å². The Morgan fingerprint density at radius 3 is 2.76 bits per heavy atom. The second-order valence-electron chi connectivity index (χ2n) is 5.31. The Hall–Kier alpha value is -1.06. The van der Waals surface area contributed by atoms with Crippen LogP contribution >= 0.6 is 0 Å². The Kier molecular flexibility index (Phi) is 3.40. The average molecular weight is 235 g/mol. The lowest BCUT2D eigenvalue weighted by Crippen LogP contribution is -2.58. The van der Waals surface area contributed by atoms with Gasteiger partial charge in [-0.1, -0.05) is 26.0 Å². The van der Waals surface area contributed by atoms with Crippen molar-refractivity contribution < 1.29 is 9.47 Å². The van der Waals surface area contributed by atoms with Crippen LogP contribution in [-0.4, -0.2) is 19.3 Å². The van der Waals surface area contributed by atoms with Crippen LogP contribution in [0, 0.1) is 5.41 Å². The molecular weight excluding hydrogens is 214 g/mol. The molecule has 1 aliphatic rings. The Labute approximate surface area is 103 Å². The van der Waals surface area contributed by atoms with Gasteiger partial charge in [0.2, 0.25) is 0 Å². The topological polar surface area (TPSA) is 44.5 Å². The van der Waals surface area contributed by atoms with Gasteiger partial charge in [0, 0.05) is 11.5 Å². The molecule has 0 aliphatic heterocycles. The maximum Gasteiger partial charge on any atom is 0.119 e. The molecule has 2 rings (SSSR count). The van der Waals surface area contributed by atoms with Gasteiger partial charge in [0.15, 0.2) is 0 Å². The van der Waals surface area contributed by atoms with Crippen molar-refractivity contribution >= 4 is 0 Å². The predicted molar refractivity (Wildman–Crippen MR) is 67.9 cm³/mol. The van der Waals surface area contributed by atoms with Crippen molar-refractivity contribution in [2.45, 2.75) is 39.0 Å². The fraction of sp³-hybridized carbons (Fsp3) is 0.571. The normalized spacial score (nSPS) is 26.4. The summed E-state index contributed by atoms with van der Waals surface area (Å²) in [5, 5.41) is 0. The van der Waals surface area contributed by atoms with Crippen LogP contribution in [0.2, 0.25) is 0 Å². The fourth-order valence-corrected chi connectivity index (χ4v) is 2.16. The second kappa shape index (κ2) is 4.67. The van der Waals surface area contributed by atoms with Crippen molar-refractivity contribution in [3.63, 3.8) is 0 Å². The first kappa shape index (κ1) is 12.4. The van der Waals surface area contributed by atoms with E-state index in [-0.39, 0.29) is 17.6 Å². The third kappa shape index (κ3) is 2.45. The molecule has 3 nitrogen and oxygen atoms in total. The largest absolute Gasteiger partial charge is 0.497 e. The minimum absolute atomic E-state index is 0.0961. The molecule has 0 aromatic heterocycles. The molecule has 1 saturated carbocycles. The highest BCUT2D eigenvalue weighted by Gasteiger charge is 2.46. The summed E-state index contributed by atoms with van der Waals surface area (Å²) >= 11 is 0. The number of nitrogens with two attached hydrogens (primary N) is 1. The smallest absolute Gasteiger partial charge is 0.119 e. The molecule has 0 spiro atoms. The van der Waals surface area contributed by atoms with Crippen LogP contribution in [0.15, 0.2) is 24.3 Å². The molecule has 2 atom stereocenters. The number of methoxy groups -OCH3 is 1. The fourth-order valence-electron chi connectivity index (χ4n) is 2.16. The van der Waals surface area contributed by atoms with E-state index in [4.69, 9.17) is 15.2 Å². The van der Waals surface area contributed by atoms with Crippen molar-refractivity contribution in [1.29, 1.82) is 0 Å². The molecule has 1 aliphatic carbocycles. The van der Waals surface area contributed by atoms with Crippen LogP contribution in [0.25, 0.3) is 0 Å². The van der Waals surface area contributed by atoms with Crippen LogP contribution in [0.4, 0.5) is 0 Å². The summed E-state index contributed by atoms with van der Waals surface area (Å²) in [6, 6.07) is 8.24. The predicted octanol–water partition coefficient (Wildman–Crippen LogP) is 2.34. The van der Waals surface area contributed by atoms with Gasteiger partial charge >= 0.3 is 0 Å². The zero-order valence-electron chi connectivity index (χ0n) is 10.8. The van der Waals surface area contributed by atoms with Crippen LogP contribution in [-0.2, 0) is 11.3 Å². The van der Waals surface area contributed by atoms with Crippen LogP contribution < -0.4 is 10.5 Å². The van der Waals surface area contributed by atoms with Crippen molar-refractivity contribution in [1.82, 2.24) is 0 Å². The number of rotatable bonds is 4. The molecule has 0 bridgehead atoms. The lowest BCUT2D eigenvalue weighted by Gasteiger charge is -2.49. The first-order valence-corrected chi connectivity index (χ1v) is 6.04. The highest BCUT2D eigenvalue weighted by molar-refractivity contribution is 5.27. The zero-order valence-corrected chi connectivity index (χ0v) is 10.8. The monoisotopic (exact) mass is 235 g/mol. The van der Waals surface area contributed by atoms with E-state index in [1.165, 1.54) is 0 Å². The molecule has 3 heteroatoms. The average Bonchev–Trinajstić information content (AvgIpc) is 2.34. The van der Waals surface area contributed by atoms with Gasteiger partial charge in [-0.2, -0.15) is 0 Å². The summed E-state index contributed by atoms with van der Waals surface area (Å²) in [6.07, 6.45) is 1.22. The van der Waals surface area contributed by atoms with Gasteiger partial charge < -0.3 is 15.2 Å². The van der Waals surface area contributed by atoms with Gasteiger partial charge in [0.25, 0.3) is 0 Å². The Balaban J connectivity index is 1.90. The molecule has 17 heavy (non-hydrogen) atoms. The van der Waals surface area contributed by atoms with E-state index >= 15 is 0 Å². The maximum absolute atomic E-state index is 5.96. The van der Waals surface area contributed by atoms with E-state index in [0.29, 0.717) is 6.61 Å². The van der Waals surface area contributed by atoms with Gasteiger partial charge in [0.1, 0.15) is 5.75 Å². The highest BCUT2D eigenvalue weighted by atomic mass is 16.5. The second-order valence-corrected chi connectivity index (χ2v) is 5.31. The third-order valence-electron chi connectivity index (χ3n) is 3.84. The number of benzene rings is 1. The summed E-state index contributed by atoms with van der Waals surface area (Å²) in [7, 11) is 1.67. The summed E-state index contributed by atoms with van der Waals surface area (Å²) in [4.78, 5) is 0. The molecule has 1 aromatic carbocycles. The maximum atomic E-state index is 5.96. The van der Waals surface area contributed by atoms with Gasteiger partial charge in [0.05, 0.1) is 19.8 Å². The minimum atomic E-state index is 0.0961. The lowest BCUT2D eigenvalue weighted by molar-refractivity contribution is -0.115. The Bertz CT molecular complexity index is 390. The molecule has 0 heterocycles. The van der Waals surface area contributed by atoms with E-state index in [0.717, 1.165) is 17.7 Å². The van der Waals surface area contributed by atoms with Crippen molar-refractivity contribution in [3.8, 4) is 5.75 Å². The molecule has 0 saturated heterocycles. The number of ether oxygens (including phenoxy) is 2. The quantitative estimate of drug-likeness (QED) is 0.871. The Morgan fingerprint density at radius 1 is 1.41 bits per heavy atom. The highest BCUT2D eigenvalue weighted by Crippen LogP contribution is 2.41. The van der Waals surface area contributed by atoms with Gasteiger partial charge in [-0.05, 0) is 24.1 Å². The van der Waals surface area contributed by atoms with E-state index in [1.54, 1.807) is 7.11 Å². The van der Waals surface area contributed by atoms with Crippen molar-refractivity contribution in [3.05, 3.63) is 29.8 Å². The van der Waals surface area contributed by atoms with Crippen molar-refractivity contribution in [2.24, 2.45) is 11.1 Å². The van der Waals surface area contributed by atoms with Gasteiger partial charge in [-0.25, -0.2) is 0 Å². The number of hydrogen-bond acceptors (Lipinski definition) is 3. The lowest BCUT2D eigenvalue weighted by atomic mass is 9.65. The van der Waals surface area contributed by atoms with Gasteiger partial charge in [-0.15, -0.1) is 0 Å². The standard InChI is InChI=1S/C14H21NO2/c1-14(2)12(15)8-13(14)17-9-10-5-4-6-11(7-10)16-3/h4-7,12-13H,8-9,15H2,1-3H3. The molecule has 0 amide bonds. The molecule has 94 valence electrons. The van der Waals surface area contributed by atoms with Crippen molar-refractivity contribution in [2.75, 3.05) is 7.11 Å². The summed E-state index contributed by atoms with van der Waals surface area (Å²) in [5.41, 5.74) is 7.20. The number of hydrogen-bond donors (Lipinski definition) is 1. The van der Waals surface area contributed by atoms with Gasteiger partial charge in [-0.3, -0.25) is 0 Å². The molecule has 1 fully saturated rings. The molecule has 0 radical (unpaired) electrons. The summed E-state index contributed by atoms with van der Waals surface area (Å²) < 4.78 is 11.1. The summed E-state index contributed by atoms with van der Waals surface area (Å²) in [6.45, 7) is 4.95. The summed E-state index contributed by atoms with van der Waals surface area (Å²) in [5.74, 6) is 0.871. The Morgan fingerprint density at radius 2 is 2.18 bits per heavy atom. The first-order valence-electron chi connectivity index (χ1n) is 6.04. The van der Waals surface area contributed by atoms with E-state index < -0.39 is 0 Å². The van der Waals surface area contributed by atoms with Crippen LogP contribution in [0.5, 0.6) is 5.75 Å².